The van der Waals surface area contributed by atoms with Crippen molar-refractivity contribution >= 4 is 54.3 Å². The van der Waals surface area contributed by atoms with E-state index in [0.29, 0.717) is 17.5 Å². The fourth-order valence-corrected chi connectivity index (χ4v) is 8.87. The Morgan fingerprint density at radius 3 is 1.52 bits per heavy atom. The molecule has 0 aliphatic rings. The number of benzene rings is 10. The van der Waals surface area contributed by atoms with Gasteiger partial charge in [-0.2, -0.15) is 0 Å². The molecule has 0 N–H and O–H groups in total. The largest absolute Gasteiger partial charge is 0.456 e. The molecular formula is C57H35N3O. The Bertz CT molecular complexity index is 3630. The minimum Gasteiger partial charge on any atom is -0.456 e. The molecule has 0 aliphatic carbocycles. The third kappa shape index (κ3) is 6.12. The molecule has 284 valence electrons. The Balaban J connectivity index is 0.965. The number of nitrogens with zero attached hydrogens (tertiary/aromatic N) is 3. The lowest BCUT2D eigenvalue weighted by molar-refractivity contribution is 0.669. The molecule has 0 aliphatic heterocycles. The highest BCUT2D eigenvalue weighted by molar-refractivity contribution is 6.20. The first-order valence-corrected chi connectivity index (χ1v) is 20.6. The molecule has 10 aromatic carbocycles. The van der Waals surface area contributed by atoms with Crippen LogP contribution in [0.2, 0.25) is 0 Å². The van der Waals surface area contributed by atoms with Crippen LogP contribution in [0.25, 0.3) is 122 Å². The van der Waals surface area contributed by atoms with Gasteiger partial charge >= 0.3 is 0 Å². The van der Waals surface area contributed by atoms with E-state index in [1.54, 1.807) is 0 Å². The van der Waals surface area contributed by atoms with Crippen LogP contribution < -0.4 is 0 Å². The standard InChI is InChI=1S/C57H35N3O/c1-2-11-36(12-3-1)42-15-10-16-45(33-42)57-59-55(40-25-21-37(22-26-40)43-30-31-49-48-19-8-9-20-52(48)61-53(49)35-43)58-56(60-57)41-27-23-39(24-28-41)54-47-18-7-5-14-44(47)34-51-46-17-6-4-13-38(46)29-32-50(51)54/h1-35H. The topological polar surface area (TPSA) is 51.8 Å². The van der Waals surface area contributed by atoms with Crippen LogP contribution in [0.15, 0.2) is 217 Å². The predicted octanol–water partition coefficient (Wildman–Crippen LogP) is 15.2. The second-order valence-corrected chi connectivity index (χ2v) is 15.6. The maximum Gasteiger partial charge on any atom is 0.164 e. The SMILES string of the molecule is c1ccc(-c2cccc(-c3nc(-c4ccc(-c5ccc6c(c5)oc5ccccc56)cc4)nc(-c4ccc(-c5c6ccccc6cc6c5ccc5ccccc56)cc4)n3)c2)cc1. The minimum atomic E-state index is 0.611. The Kier molecular flexibility index (Phi) is 8.13. The van der Waals surface area contributed by atoms with Gasteiger partial charge in [0, 0.05) is 27.5 Å². The fraction of sp³-hybridized carbons (Fsp3) is 0. The Morgan fingerprint density at radius 2 is 0.754 bits per heavy atom. The molecule has 2 aromatic heterocycles. The third-order valence-corrected chi connectivity index (χ3v) is 11.9. The van der Waals surface area contributed by atoms with E-state index in [-0.39, 0.29) is 0 Å². The van der Waals surface area contributed by atoms with Crippen LogP contribution >= 0.6 is 0 Å². The molecule has 12 rings (SSSR count). The minimum absolute atomic E-state index is 0.611. The summed E-state index contributed by atoms with van der Waals surface area (Å²) in [4.78, 5) is 15.4. The Hall–Kier alpha value is -8.21. The van der Waals surface area contributed by atoms with Crippen molar-refractivity contribution in [2.45, 2.75) is 0 Å². The van der Waals surface area contributed by atoms with Crippen molar-refractivity contribution in [3.05, 3.63) is 212 Å². The molecule has 0 fully saturated rings. The molecule has 0 saturated heterocycles. The van der Waals surface area contributed by atoms with Gasteiger partial charge in [0.15, 0.2) is 17.5 Å². The number of aromatic nitrogens is 3. The molecule has 4 nitrogen and oxygen atoms in total. The number of para-hydroxylation sites is 1. The zero-order chi connectivity index (χ0) is 40.3. The van der Waals surface area contributed by atoms with E-state index >= 15 is 0 Å². The van der Waals surface area contributed by atoms with E-state index in [4.69, 9.17) is 19.4 Å². The Labute approximate surface area is 352 Å². The van der Waals surface area contributed by atoms with Crippen molar-refractivity contribution in [3.63, 3.8) is 0 Å². The zero-order valence-electron chi connectivity index (χ0n) is 33.0. The molecule has 0 amide bonds. The third-order valence-electron chi connectivity index (χ3n) is 11.9. The van der Waals surface area contributed by atoms with Gasteiger partial charge < -0.3 is 4.42 Å². The summed E-state index contributed by atoms with van der Waals surface area (Å²) in [6.45, 7) is 0. The molecule has 0 unspecified atom stereocenters. The van der Waals surface area contributed by atoms with Crippen molar-refractivity contribution < 1.29 is 4.42 Å². The summed E-state index contributed by atoms with van der Waals surface area (Å²) in [7, 11) is 0. The van der Waals surface area contributed by atoms with Crippen molar-refractivity contribution in [1.29, 1.82) is 0 Å². The number of fused-ring (bicyclic) bond motifs is 7. The van der Waals surface area contributed by atoms with Crippen LogP contribution in [0.3, 0.4) is 0 Å². The summed E-state index contributed by atoms with van der Waals surface area (Å²) in [5.41, 5.74) is 11.3. The van der Waals surface area contributed by atoms with E-state index in [9.17, 15) is 0 Å². The van der Waals surface area contributed by atoms with Gasteiger partial charge in [0.1, 0.15) is 11.2 Å². The van der Waals surface area contributed by atoms with E-state index in [0.717, 1.165) is 66.4 Å². The molecule has 2 heterocycles. The summed E-state index contributed by atoms with van der Waals surface area (Å²) >= 11 is 0. The van der Waals surface area contributed by atoms with Gasteiger partial charge in [-0.25, -0.2) is 15.0 Å². The van der Waals surface area contributed by atoms with Gasteiger partial charge in [0.25, 0.3) is 0 Å². The first kappa shape index (κ1) is 34.8. The maximum atomic E-state index is 6.21. The van der Waals surface area contributed by atoms with Crippen LogP contribution in [-0.4, -0.2) is 15.0 Å². The molecule has 12 aromatic rings. The lowest BCUT2D eigenvalue weighted by Gasteiger charge is -2.14. The summed E-state index contributed by atoms with van der Waals surface area (Å²) in [6, 6.07) is 74.7. The van der Waals surface area contributed by atoms with Gasteiger partial charge in [-0.1, -0.05) is 182 Å². The number of furan rings is 1. The maximum absolute atomic E-state index is 6.21. The van der Waals surface area contributed by atoms with Crippen LogP contribution in [0.4, 0.5) is 0 Å². The fourth-order valence-electron chi connectivity index (χ4n) is 8.87. The normalized spacial score (nSPS) is 11.6. The average Bonchev–Trinajstić information content (AvgIpc) is 3.71. The zero-order valence-corrected chi connectivity index (χ0v) is 33.0. The predicted molar refractivity (Wildman–Crippen MR) is 252 cm³/mol. The summed E-state index contributed by atoms with van der Waals surface area (Å²) in [5.74, 6) is 1.85. The highest BCUT2D eigenvalue weighted by Gasteiger charge is 2.16. The van der Waals surface area contributed by atoms with E-state index < -0.39 is 0 Å². The monoisotopic (exact) mass is 777 g/mol. The van der Waals surface area contributed by atoms with Gasteiger partial charge in [-0.05, 0) is 96.0 Å². The summed E-state index contributed by atoms with van der Waals surface area (Å²) in [5, 5.41) is 9.66. The number of rotatable bonds is 6. The molecule has 4 heteroatoms. The average molecular weight is 778 g/mol. The molecule has 0 spiro atoms. The van der Waals surface area contributed by atoms with Crippen LogP contribution in [0.5, 0.6) is 0 Å². The second-order valence-electron chi connectivity index (χ2n) is 15.6. The van der Waals surface area contributed by atoms with Crippen molar-refractivity contribution in [2.75, 3.05) is 0 Å². The lowest BCUT2D eigenvalue weighted by Crippen LogP contribution is -2.00. The summed E-state index contributed by atoms with van der Waals surface area (Å²) in [6.07, 6.45) is 0. The van der Waals surface area contributed by atoms with Crippen LogP contribution in [0.1, 0.15) is 0 Å². The lowest BCUT2D eigenvalue weighted by atomic mass is 9.89. The van der Waals surface area contributed by atoms with Gasteiger partial charge in [-0.3, -0.25) is 0 Å². The van der Waals surface area contributed by atoms with Gasteiger partial charge in [0.2, 0.25) is 0 Å². The van der Waals surface area contributed by atoms with Crippen molar-refractivity contribution in [1.82, 2.24) is 15.0 Å². The number of hydrogen-bond acceptors (Lipinski definition) is 4. The van der Waals surface area contributed by atoms with Gasteiger partial charge in [-0.15, -0.1) is 0 Å². The smallest absolute Gasteiger partial charge is 0.164 e. The van der Waals surface area contributed by atoms with E-state index in [1.165, 1.54) is 37.9 Å². The quantitative estimate of drug-likeness (QED) is 0.125. The Morgan fingerprint density at radius 1 is 0.246 bits per heavy atom. The highest BCUT2D eigenvalue weighted by atomic mass is 16.3. The van der Waals surface area contributed by atoms with Gasteiger partial charge in [0.05, 0.1) is 0 Å². The molecule has 0 atom stereocenters. The second kappa shape index (κ2) is 14.3. The van der Waals surface area contributed by atoms with E-state index in [1.807, 2.05) is 24.3 Å². The highest BCUT2D eigenvalue weighted by Crippen LogP contribution is 2.40. The molecule has 0 bridgehead atoms. The van der Waals surface area contributed by atoms with Crippen molar-refractivity contribution in [2.24, 2.45) is 0 Å². The first-order chi connectivity index (χ1) is 30.2. The van der Waals surface area contributed by atoms with Crippen LogP contribution in [-0.2, 0) is 0 Å². The summed E-state index contributed by atoms with van der Waals surface area (Å²) < 4.78 is 6.21. The molecule has 0 radical (unpaired) electrons. The number of hydrogen-bond donors (Lipinski definition) is 0. The molecule has 0 saturated carbocycles. The van der Waals surface area contributed by atoms with E-state index in [2.05, 4.69) is 188 Å². The van der Waals surface area contributed by atoms with Crippen LogP contribution in [0, 0.1) is 0 Å². The first-order valence-electron chi connectivity index (χ1n) is 20.6. The molecule has 61 heavy (non-hydrogen) atoms. The van der Waals surface area contributed by atoms with Crippen molar-refractivity contribution in [3.8, 4) is 67.5 Å². The molecular weight excluding hydrogens is 743 g/mol.